The van der Waals surface area contributed by atoms with Gasteiger partial charge >= 0.3 is 5.63 Å². The summed E-state index contributed by atoms with van der Waals surface area (Å²) in [5.74, 6) is 1.41. The Labute approximate surface area is 174 Å². The van der Waals surface area contributed by atoms with Gasteiger partial charge in [-0.15, -0.1) is 0 Å². The molecule has 0 saturated heterocycles. The zero-order chi connectivity index (χ0) is 20.5. The quantitative estimate of drug-likeness (QED) is 0.402. The maximum atomic E-state index is 12.3. The largest absolute Gasteiger partial charge is 0.494 e. The van der Waals surface area contributed by atoms with E-state index in [1.807, 2.05) is 37.3 Å². The van der Waals surface area contributed by atoms with Crippen molar-refractivity contribution in [1.29, 1.82) is 0 Å². The third-order valence-corrected chi connectivity index (χ3v) is 5.69. The van der Waals surface area contributed by atoms with Gasteiger partial charge in [0, 0.05) is 22.7 Å². The van der Waals surface area contributed by atoms with Gasteiger partial charge < -0.3 is 18.8 Å². The average molecular weight is 414 g/mol. The second-order valence-corrected chi connectivity index (χ2v) is 7.76. The molecule has 1 aliphatic rings. The number of fused-ring (bicyclic) bond motifs is 3. The van der Waals surface area contributed by atoms with Crippen molar-refractivity contribution in [2.75, 3.05) is 18.2 Å². The first-order chi connectivity index (χ1) is 14.0. The van der Waals surface area contributed by atoms with E-state index >= 15 is 0 Å². The van der Waals surface area contributed by atoms with Crippen LogP contribution in [-0.4, -0.2) is 13.3 Å². The SMILES string of the molecule is CCCCOc1cccc(N2COc3c(Cl)cc4c(C)c(C)c(=O)oc4c3C2)c1. The van der Waals surface area contributed by atoms with Crippen LogP contribution in [0, 0.1) is 13.8 Å². The summed E-state index contributed by atoms with van der Waals surface area (Å²) in [6, 6.07) is 9.76. The molecular weight excluding hydrogens is 390 g/mol. The van der Waals surface area contributed by atoms with Gasteiger partial charge in [-0.1, -0.05) is 31.0 Å². The molecule has 4 rings (SSSR count). The molecule has 1 aromatic heterocycles. The van der Waals surface area contributed by atoms with E-state index < -0.39 is 0 Å². The van der Waals surface area contributed by atoms with E-state index in [0.29, 0.717) is 41.8 Å². The van der Waals surface area contributed by atoms with E-state index in [1.165, 1.54) is 0 Å². The summed E-state index contributed by atoms with van der Waals surface area (Å²) in [4.78, 5) is 14.3. The number of benzene rings is 2. The van der Waals surface area contributed by atoms with Crippen molar-refractivity contribution in [3.05, 3.63) is 62.5 Å². The minimum absolute atomic E-state index is 0.331. The van der Waals surface area contributed by atoms with E-state index in [-0.39, 0.29) is 5.63 Å². The third kappa shape index (κ3) is 3.67. The second-order valence-electron chi connectivity index (χ2n) is 7.35. The summed E-state index contributed by atoms with van der Waals surface area (Å²) in [5.41, 5.74) is 3.45. The Hall–Kier alpha value is -2.66. The fourth-order valence-corrected chi connectivity index (χ4v) is 3.81. The molecule has 2 heterocycles. The molecule has 29 heavy (non-hydrogen) atoms. The molecule has 0 saturated carbocycles. The van der Waals surface area contributed by atoms with Gasteiger partial charge in [-0.2, -0.15) is 0 Å². The molecule has 3 aromatic rings. The second kappa shape index (κ2) is 7.99. The zero-order valence-electron chi connectivity index (χ0n) is 16.9. The molecule has 152 valence electrons. The lowest BCUT2D eigenvalue weighted by Crippen LogP contribution is -2.32. The summed E-state index contributed by atoms with van der Waals surface area (Å²) in [7, 11) is 0. The number of rotatable bonds is 5. The normalized spacial score (nSPS) is 13.3. The van der Waals surface area contributed by atoms with Gasteiger partial charge in [0.15, 0.2) is 6.73 Å². The van der Waals surface area contributed by atoms with Crippen LogP contribution in [0.5, 0.6) is 11.5 Å². The van der Waals surface area contributed by atoms with Crippen molar-refractivity contribution >= 4 is 28.3 Å². The Morgan fingerprint density at radius 3 is 2.83 bits per heavy atom. The van der Waals surface area contributed by atoms with Gasteiger partial charge in [0.2, 0.25) is 0 Å². The van der Waals surface area contributed by atoms with Crippen molar-refractivity contribution in [2.24, 2.45) is 0 Å². The van der Waals surface area contributed by atoms with Crippen LogP contribution in [-0.2, 0) is 6.54 Å². The molecule has 0 amide bonds. The van der Waals surface area contributed by atoms with Crippen LogP contribution in [0.4, 0.5) is 5.69 Å². The van der Waals surface area contributed by atoms with Gasteiger partial charge in [0.25, 0.3) is 0 Å². The number of ether oxygens (including phenoxy) is 2. The highest BCUT2D eigenvalue weighted by Gasteiger charge is 2.26. The number of hydrogen-bond donors (Lipinski definition) is 0. The van der Waals surface area contributed by atoms with E-state index in [2.05, 4.69) is 11.8 Å². The summed E-state index contributed by atoms with van der Waals surface area (Å²) in [6.07, 6.45) is 2.11. The Balaban J connectivity index is 1.72. The first-order valence-corrected chi connectivity index (χ1v) is 10.2. The van der Waals surface area contributed by atoms with E-state index in [0.717, 1.165) is 40.8 Å². The number of halogens is 1. The van der Waals surface area contributed by atoms with E-state index in [9.17, 15) is 4.79 Å². The van der Waals surface area contributed by atoms with Gasteiger partial charge in [0.1, 0.15) is 17.1 Å². The molecular formula is C23H24ClNO4. The lowest BCUT2D eigenvalue weighted by molar-refractivity contribution is 0.288. The molecule has 1 aliphatic heterocycles. The summed E-state index contributed by atoms with van der Waals surface area (Å²) in [5, 5.41) is 1.37. The lowest BCUT2D eigenvalue weighted by Gasteiger charge is -2.31. The van der Waals surface area contributed by atoms with Crippen LogP contribution >= 0.6 is 11.6 Å². The fraction of sp³-hybridized carbons (Fsp3) is 0.348. The highest BCUT2D eigenvalue weighted by atomic mass is 35.5. The Bertz CT molecular complexity index is 1120. The molecule has 0 N–H and O–H groups in total. The molecule has 6 heteroatoms. The zero-order valence-corrected chi connectivity index (χ0v) is 17.6. The Morgan fingerprint density at radius 2 is 2.03 bits per heavy atom. The smallest absolute Gasteiger partial charge is 0.339 e. The maximum Gasteiger partial charge on any atom is 0.339 e. The third-order valence-electron chi connectivity index (χ3n) is 5.41. The standard InChI is InChI=1S/C23H24ClNO4/c1-4-5-9-27-17-8-6-7-16(10-17)25-12-19-21-18(11-20(24)22(19)28-13-25)14(2)15(3)23(26)29-21/h6-8,10-11H,4-5,9,12-13H2,1-3H3. The van der Waals surface area contributed by atoms with Crippen LogP contribution in [0.1, 0.15) is 36.5 Å². The highest BCUT2D eigenvalue weighted by molar-refractivity contribution is 6.33. The molecule has 0 radical (unpaired) electrons. The first-order valence-electron chi connectivity index (χ1n) is 9.85. The summed E-state index contributed by atoms with van der Waals surface area (Å²) < 4.78 is 17.5. The topological polar surface area (TPSA) is 51.9 Å². The number of nitrogens with zero attached hydrogens (tertiary/aromatic N) is 1. The maximum absolute atomic E-state index is 12.3. The Morgan fingerprint density at radius 1 is 1.21 bits per heavy atom. The number of hydrogen-bond acceptors (Lipinski definition) is 5. The van der Waals surface area contributed by atoms with Crippen LogP contribution < -0.4 is 20.0 Å². The minimum Gasteiger partial charge on any atom is -0.494 e. The minimum atomic E-state index is -0.331. The van der Waals surface area contributed by atoms with Crippen LogP contribution in [0.15, 0.2) is 39.5 Å². The fourth-order valence-electron chi connectivity index (χ4n) is 3.54. The van der Waals surface area contributed by atoms with Gasteiger partial charge in [0.05, 0.1) is 23.7 Å². The predicted molar refractivity (Wildman–Crippen MR) is 115 cm³/mol. The van der Waals surface area contributed by atoms with Gasteiger partial charge in [-0.25, -0.2) is 4.79 Å². The van der Waals surface area contributed by atoms with Crippen LogP contribution in [0.25, 0.3) is 11.0 Å². The van der Waals surface area contributed by atoms with Crippen LogP contribution in [0.3, 0.4) is 0 Å². The summed E-state index contributed by atoms with van der Waals surface area (Å²) >= 11 is 6.49. The Kier molecular flexibility index (Phi) is 5.41. The molecule has 0 fully saturated rings. The highest BCUT2D eigenvalue weighted by Crippen LogP contribution is 2.40. The van der Waals surface area contributed by atoms with Crippen molar-refractivity contribution in [3.63, 3.8) is 0 Å². The molecule has 0 atom stereocenters. The molecule has 0 bridgehead atoms. The lowest BCUT2D eigenvalue weighted by atomic mass is 10.0. The van der Waals surface area contributed by atoms with Crippen LogP contribution in [0.2, 0.25) is 5.02 Å². The molecule has 2 aromatic carbocycles. The number of unbranched alkanes of at least 4 members (excludes halogenated alkanes) is 1. The molecule has 0 aliphatic carbocycles. The number of aryl methyl sites for hydroxylation is 1. The van der Waals surface area contributed by atoms with Crippen molar-refractivity contribution < 1.29 is 13.9 Å². The van der Waals surface area contributed by atoms with Crippen molar-refractivity contribution in [2.45, 2.75) is 40.2 Å². The monoisotopic (exact) mass is 413 g/mol. The number of anilines is 1. The summed E-state index contributed by atoms with van der Waals surface area (Å²) in [6.45, 7) is 7.39. The molecule has 0 unspecified atom stereocenters. The van der Waals surface area contributed by atoms with Gasteiger partial charge in [-0.05, 0) is 44.0 Å². The van der Waals surface area contributed by atoms with Gasteiger partial charge in [-0.3, -0.25) is 0 Å². The van der Waals surface area contributed by atoms with Crippen molar-refractivity contribution in [1.82, 2.24) is 0 Å². The molecule has 5 nitrogen and oxygen atoms in total. The van der Waals surface area contributed by atoms with Crippen molar-refractivity contribution in [3.8, 4) is 11.5 Å². The van der Waals surface area contributed by atoms with E-state index in [4.69, 9.17) is 25.5 Å². The predicted octanol–water partition coefficient (Wildman–Crippen LogP) is 5.60. The molecule has 0 spiro atoms. The average Bonchev–Trinajstić information content (AvgIpc) is 2.73. The van der Waals surface area contributed by atoms with E-state index in [1.54, 1.807) is 6.92 Å². The first kappa shape index (κ1) is 19.6.